The molecular weight excluding hydrogens is 484 g/mol. The minimum Gasteiger partial charge on any atom is -0.255 e. The highest BCUT2D eigenvalue weighted by molar-refractivity contribution is 6.31. The molecule has 0 bridgehead atoms. The molecule has 0 aliphatic heterocycles. The summed E-state index contributed by atoms with van der Waals surface area (Å²) in [5.74, 6) is 0. The first-order chi connectivity index (χ1) is 19.6. The van der Waals surface area contributed by atoms with Crippen molar-refractivity contribution in [3.8, 4) is 0 Å². The van der Waals surface area contributed by atoms with E-state index in [2.05, 4.69) is 77.2 Å². The van der Waals surface area contributed by atoms with Gasteiger partial charge in [-0.3, -0.25) is 9.98 Å². The summed E-state index contributed by atoms with van der Waals surface area (Å²) < 4.78 is 0. The fourth-order valence-electron chi connectivity index (χ4n) is 5.32. The molecule has 2 rings (SSSR count). The van der Waals surface area contributed by atoms with Crippen LogP contribution >= 0.6 is 0 Å². The van der Waals surface area contributed by atoms with Crippen molar-refractivity contribution < 1.29 is 0 Å². The highest BCUT2D eigenvalue weighted by atomic mass is 14.8. The maximum Gasteiger partial charge on any atom is 0.0639 e. The van der Waals surface area contributed by atoms with Gasteiger partial charge in [0, 0.05) is 6.21 Å². The zero-order chi connectivity index (χ0) is 28.8. The third-order valence-corrected chi connectivity index (χ3v) is 7.77. The zero-order valence-electron chi connectivity index (χ0n) is 26.9. The summed E-state index contributed by atoms with van der Waals surface area (Å²) in [7, 11) is 0. The van der Waals surface area contributed by atoms with E-state index in [1.54, 1.807) is 0 Å². The largest absolute Gasteiger partial charge is 0.255 e. The number of benzene rings is 2. The predicted molar refractivity (Wildman–Crippen MR) is 181 cm³/mol. The van der Waals surface area contributed by atoms with E-state index >= 15 is 0 Å². The number of aryl methyl sites for hydroxylation is 4. The Kier molecular flexibility index (Phi) is 18.3. The van der Waals surface area contributed by atoms with Crippen LogP contribution < -0.4 is 0 Å². The van der Waals surface area contributed by atoms with Gasteiger partial charge in [0.2, 0.25) is 0 Å². The molecule has 0 atom stereocenters. The number of rotatable bonds is 22. The lowest BCUT2D eigenvalue weighted by molar-refractivity contribution is 0.684. The molecule has 0 spiro atoms. The lowest BCUT2D eigenvalue weighted by Gasteiger charge is -2.10. The average Bonchev–Trinajstić information content (AvgIpc) is 2.96. The molecule has 222 valence electrons. The van der Waals surface area contributed by atoms with E-state index in [1.807, 2.05) is 0 Å². The Morgan fingerprint density at radius 1 is 0.475 bits per heavy atom. The third-order valence-electron chi connectivity index (χ3n) is 7.77. The smallest absolute Gasteiger partial charge is 0.0639 e. The van der Waals surface area contributed by atoms with Crippen LogP contribution in [0.1, 0.15) is 153 Å². The van der Waals surface area contributed by atoms with Crippen LogP contribution in [0, 0.1) is 0 Å². The molecule has 0 N–H and O–H groups in total. The lowest BCUT2D eigenvalue weighted by atomic mass is 10.00. The molecule has 40 heavy (non-hydrogen) atoms. The van der Waals surface area contributed by atoms with Crippen LogP contribution in [0.4, 0.5) is 11.4 Å². The second-order valence-electron chi connectivity index (χ2n) is 11.8. The van der Waals surface area contributed by atoms with Crippen LogP contribution in [0.25, 0.3) is 0 Å². The topological polar surface area (TPSA) is 24.7 Å². The van der Waals surface area contributed by atoms with E-state index in [0.717, 1.165) is 49.2 Å². The van der Waals surface area contributed by atoms with Gasteiger partial charge in [-0.1, -0.05) is 105 Å². The van der Waals surface area contributed by atoms with Gasteiger partial charge in [-0.2, -0.15) is 0 Å². The molecule has 0 unspecified atom stereocenters. The maximum absolute atomic E-state index is 5.26. The summed E-state index contributed by atoms with van der Waals surface area (Å²) in [5.41, 5.74) is 9.10. The SMILES string of the molecule is CCCCCCC(C=Nc1cc(CCCC)cc(CCCC)c1)=Nc1cc(CCCCC)cc(CCCCC)c1. The number of hydrogen-bond donors (Lipinski definition) is 0. The summed E-state index contributed by atoms with van der Waals surface area (Å²) >= 11 is 0. The summed E-state index contributed by atoms with van der Waals surface area (Å²) in [4.78, 5) is 10.3. The van der Waals surface area contributed by atoms with Crippen molar-refractivity contribution in [3.05, 3.63) is 58.7 Å². The summed E-state index contributed by atoms with van der Waals surface area (Å²) in [5, 5.41) is 0. The van der Waals surface area contributed by atoms with E-state index in [4.69, 9.17) is 9.98 Å². The van der Waals surface area contributed by atoms with Crippen molar-refractivity contribution in [2.24, 2.45) is 9.98 Å². The summed E-state index contributed by atoms with van der Waals surface area (Å²) in [6.07, 6.45) is 25.2. The van der Waals surface area contributed by atoms with Gasteiger partial charge < -0.3 is 0 Å². The van der Waals surface area contributed by atoms with Crippen LogP contribution in [0.2, 0.25) is 0 Å². The number of hydrogen-bond acceptors (Lipinski definition) is 2. The van der Waals surface area contributed by atoms with Crippen molar-refractivity contribution >= 4 is 23.3 Å². The van der Waals surface area contributed by atoms with Gasteiger partial charge in [-0.15, -0.1) is 0 Å². The van der Waals surface area contributed by atoms with Crippen LogP contribution in [0.15, 0.2) is 46.4 Å². The Labute approximate surface area is 248 Å². The Morgan fingerprint density at radius 3 is 1.38 bits per heavy atom. The average molecular weight is 545 g/mol. The quantitative estimate of drug-likeness (QED) is 0.104. The molecule has 2 aromatic rings. The molecule has 2 nitrogen and oxygen atoms in total. The van der Waals surface area contributed by atoms with Crippen molar-refractivity contribution in [1.82, 2.24) is 0 Å². The normalized spacial score (nSPS) is 12.1. The number of unbranched alkanes of at least 4 members (excludes halogenated alkanes) is 9. The van der Waals surface area contributed by atoms with E-state index in [-0.39, 0.29) is 0 Å². The van der Waals surface area contributed by atoms with Gasteiger partial charge in [-0.25, -0.2) is 0 Å². The van der Waals surface area contributed by atoms with Gasteiger partial charge in [0.25, 0.3) is 0 Å². The Balaban J connectivity index is 2.38. The fraction of sp³-hybridized carbons (Fsp3) is 0.632. The Hall–Kier alpha value is -2.22. The Bertz CT molecular complexity index is 946. The number of aliphatic imine (C=N–C) groups is 2. The minimum atomic E-state index is 0.993. The van der Waals surface area contributed by atoms with Gasteiger partial charge in [0.15, 0.2) is 0 Å². The third kappa shape index (κ3) is 14.4. The van der Waals surface area contributed by atoms with Gasteiger partial charge in [0.05, 0.1) is 17.1 Å². The molecule has 0 saturated heterocycles. The van der Waals surface area contributed by atoms with E-state index in [0.29, 0.717) is 0 Å². The van der Waals surface area contributed by atoms with Crippen LogP contribution in [-0.2, 0) is 25.7 Å². The lowest BCUT2D eigenvalue weighted by Crippen LogP contribution is -2.01. The highest BCUT2D eigenvalue weighted by Gasteiger charge is 2.06. The summed E-state index contributed by atoms with van der Waals surface area (Å²) in [6.45, 7) is 11.4. The van der Waals surface area contributed by atoms with Crippen LogP contribution in [0.3, 0.4) is 0 Å². The standard InChI is InChI=1S/C38H60N2/c1-6-11-16-19-24-36(31-39-37-27-32(20-14-9-4)25-33(28-37)21-15-10-5)40-38-29-34(22-17-12-7-2)26-35(30-38)23-18-13-8-3/h25-31H,6-24H2,1-5H3. The second kappa shape index (κ2) is 21.5. The van der Waals surface area contributed by atoms with Gasteiger partial charge >= 0.3 is 0 Å². The molecule has 0 heterocycles. The Morgan fingerprint density at radius 2 is 0.900 bits per heavy atom. The van der Waals surface area contributed by atoms with E-state index < -0.39 is 0 Å². The second-order valence-corrected chi connectivity index (χ2v) is 11.8. The molecule has 0 aromatic heterocycles. The predicted octanol–water partition coefficient (Wildman–Crippen LogP) is 12.3. The van der Waals surface area contributed by atoms with Crippen LogP contribution in [0.5, 0.6) is 0 Å². The summed E-state index contributed by atoms with van der Waals surface area (Å²) in [6, 6.07) is 14.1. The molecule has 0 fully saturated rings. The fourth-order valence-corrected chi connectivity index (χ4v) is 5.32. The van der Waals surface area contributed by atoms with Crippen molar-refractivity contribution in [1.29, 1.82) is 0 Å². The van der Waals surface area contributed by atoms with Crippen LogP contribution in [-0.4, -0.2) is 11.9 Å². The molecule has 2 aromatic carbocycles. The van der Waals surface area contributed by atoms with E-state index in [9.17, 15) is 0 Å². The zero-order valence-corrected chi connectivity index (χ0v) is 26.9. The van der Waals surface area contributed by atoms with Crippen molar-refractivity contribution in [3.63, 3.8) is 0 Å². The van der Waals surface area contributed by atoms with Gasteiger partial charge in [0.1, 0.15) is 0 Å². The first kappa shape index (κ1) is 34.0. The molecule has 0 radical (unpaired) electrons. The molecule has 0 aliphatic carbocycles. The first-order valence-corrected chi connectivity index (χ1v) is 17.0. The minimum absolute atomic E-state index is 0.993. The molecule has 2 heteroatoms. The van der Waals surface area contributed by atoms with E-state index in [1.165, 1.54) is 112 Å². The van der Waals surface area contributed by atoms with Crippen molar-refractivity contribution in [2.75, 3.05) is 0 Å². The first-order valence-electron chi connectivity index (χ1n) is 17.0. The van der Waals surface area contributed by atoms with Crippen molar-refractivity contribution in [2.45, 2.75) is 157 Å². The highest BCUT2D eigenvalue weighted by Crippen LogP contribution is 2.24. The monoisotopic (exact) mass is 544 g/mol. The molecule has 0 aliphatic rings. The van der Waals surface area contributed by atoms with Gasteiger partial charge in [-0.05, 0) is 111 Å². The molecule has 0 amide bonds. The molecule has 0 saturated carbocycles. The maximum atomic E-state index is 5.26. The number of nitrogens with zero attached hydrogens (tertiary/aromatic N) is 2. The molecular formula is C38H60N2.